The van der Waals surface area contributed by atoms with E-state index in [1.807, 2.05) is 0 Å². The van der Waals surface area contributed by atoms with Crippen LogP contribution in [0.5, 0.6) is 0 Å². The van der Waals surface area contributed by atoms with Crippen molar-refractivity contribution in [2.24, 2.45) is 11.8 Å². The first-order valence-corrected chi connectivity index (χ1v) is 7.94. The van der Waals surface area contributed by atoms with Crippen molar-refractivity contribution in [1.82, 2.24) is 14.6 Å². The highest BCUT2D eigenvalue weighted by atomic mass is 19.4. The summed E-state index contributed by atoms with van der Waals surface area (Å²) in [6.07, 6.45) is -0.0352. The van der Waals surface area contributed by atoms with E-state index in [1.165, 1.54) is 0 Å². The van der Waals surface area contributed by atoms with Crippen molar-refractivity contribution >= 4 is 11.6 Å². The van der Waals surface area contributed by atoms with E-state index >= 15 is 0 Å². The van der Waals surface area contributed by atoms with Crippen LogP contribution in [-0.4, -0.2) is 25.7 Å². The molecule has 0 aliphatic heterocycles. The van der Waals surface area contributed by atoms with E-state index < -0.39 is 23.5 Å². The van der Waals surface area contributed by atoms with Crippen LogP contribution < -0.4 is 0 Å². The lowest BCUT2D eigenvalue weighted by Gasteiger charge is -2.26. The fourth-order valence-electron chi connectivity index (χ4n) is 3.27. The molecule has 1 aliphatic carbocycles. The Morgan fingerprint density at radius 1 is 1.29 bits per heavy atom. The van der Waals surface area contributed by atoms with Crippen molar-refractivity contribution in [2.45, 2.75) is 45.2 Å². The molecule has 24 heavy (non-hydrogen) atoms. The van der Waals surface area contributed by atoms with Gasteiger partial charge in [-0.3, -0.25) is 0 Å². The molecule has 0 aromatic carbocycles. The standard InChI is InChI=1S/C16H18F3N3O2/c1-9-2-4-10(5-3-9)6-11-7-13(16(17,18)19)22-14(20-11)8-12(21-22)15(23)24/h7-10H,2-6H2,1H3,(H,23,24). The third-order valence-electron chi connectivity index (χ3n) is 4.62. The normalized spacial score (nSPS) is 22.0. The Kier molecular flexibility index (Phi) is 4.23. The summed E-state index contributed by atoms with van der Waals surface area (Å²) >= 11 is 0. The topological polar surface area (TPSA) is 67.5 Å². The number of aromatic carboxylic acids is 1. The second-order valence-electron chi connectivity index (χ2n) is 6.57. The van der Waals surface area contributed by atoms with Gasteiger partial charge in [-0.25, -0.2) is 14.3 Å². The maximum absolute atomic E-state index is 13.3. The Hall–Kier alpha value is -2.12. The summed E-state index contributed by atoms with van der Waals surface area (Å²) in [7, 11) is 0. The highest BCUT2D eigenvalue weighted by molar-refractivity contribution is 5.86. The van der Waals surface area contributed by atoms with E-state index in [0.29, 0.717) is 28.5 Å². The number of hydrogen-bond acceptors (Lipinski definition) is 3. The average molecular weight is 341 g/mol. The fourth-order valence-corrected chi connectivity index (χ4v) is 3.27. The van der Waals surface area contributed by atoms with Gasteiger partial charge in [0.15, 0.2) is 11.3 Å². The number of carbonyl (C=O) groups is 1. The molecule has 0 saturated heterocycles. The second-order valence-corrected chi connectivity index (χ2v) is 6.57. The van der Waals surface area contributed by atoms with Crippen molar-refractivity contribution < 1.29 is 23.1 Å². The Bertz CT molecular complexity index is 762. The first-order valence-electron chi connectivity index (χ1n) is 7.94. The maximum Gasteiger partial charge on any atom is 0.433 e. The van der Waals surface area contributed by atoms with Gasteiger partial charge in [0.1, 0.15) is 5.69 Å². The number of nitrogens with zero attached hydrogens (tertiary/aromatic N) is 3. The molecule has 0 spiro atoms. The molecule has 0 bridgehead atoms. The van der Waals surface area contributed by atoms with Crippen LogP contribution >= 0.6 is 0 Å². The van der Waals surface area contributed by atoms with Crippen molar-refractivity contribution in [3.63, 3.8) is 0 Å². The van der Waals surface area contributed by atoms with Crippen molar-refractivity contribution in [1.29, 1.82) is 0 Å². The summed E-state index contributed by atoms with van der Waals surface area (Å²) in [5.41, 5.74) is -1.18. The molecule has 2 aromatic rings. The number of rotatable bonds is 3. The van der Waals surface area contributed by atoms with Crippen molar-refractivity contribution in [2.75, 3.05) is 0 Å². The van der Waals surface area contributed by atoms with E-state index in [-0.39, 0.29) is 5.65 Å². The van der Waals surface area contributed by atoms with Crippen molar-refractivity contribution in [3.8, 4) is 0 Å². The van der Waals surface area contributed by atoms with Gasteiger partial charge in [-0.05, 0) is 37.2 Å². The first-order chi connectivity index (χ1) is 11.2. The molecule has 5 nitrogen and oxygen atoms in total. The summed E-state index contributed by atoms with van der Waals surface area (Å²) in [4.78, 5) is 15.2. The van der Waals surface area contributed by atoms with Gasteiger partial charge in [-0.15, -0.1) is 0 Å². The van der Waals surface area contributed by atoms with E-state index in [9.17, 15) is 18.0 Å². The molecule has 1 saturated carbocycles. The molecule has 0 radical (unpaired) electrons. The molecular formula is C16H18F3N3O2. The zero-order valence-corrected chi connectivity index (χ0v) is 13.2. The molecule has 0 atom stereocenters. The number of alkyl halides is 3. The van der Waals surface area contributed by atoms with Gasteiger partial charge >= 0.3 is 12.1 Å². The zero-order chi connectivity index (χ0) is 17.5. The number of halogens is 3. The third kappa shape index (κ3) is 3.37. The zero-order valence-electron chi connectivity index (χ0n) is 13.2. The highest BCUT2D eigenvalue weighted by Gasteiger charge is 2.35. The third-order valence-corrected chi connectivity index (χ3v) is 4.62. The van der Waals surface area contributed by atoms with Crippen LogP contribution in [0.3, 0.4) is 0 Å². The Morgan fingerprint density at radius 3 is 2.54 bits per heavy atom. The molecule has 130 valence electrons. The monoisotopic (exact) mass is 341 g/mol. The molecule has 0 unspecified atom stereocenters. The largest absolute Gasteiger partial charge is 0.476 e. The van der Waals surface area contributed by atoms with Gasteiger partial charge < -0.3 is 5.11 Å². The fraction of sp³-hybridized carbons (Fsp3) is 0.562. The van der Waals surface area contributed by atoms with Gasteiger partial charge in [0.2, 0.25) is 0 Å². The van der Waals surface area contributed by atoms with E-state index in [1.54, 1.807) is 0 Å². The molecule has 1 aliphatic rings. The highest BCUT2D eigenvalue weighted by Crippen LogP contribution is 2.33. The first kappa shape index (κ1) is 16.7. The molecule has 1 N–H and O–H groups in total. The number of carboxylic acids is 1. The maximum atomic E-state index is 13.3. The van der Waals surface area contributed by atoms with Gasteiger partial charge in [0.25, 0.3) is 0 Å². The Labute approximate surface area is 136 Å². The second kappa shape index (κ2) is 6.07. The molecular weight excluding hydrogens is 323 g/mol. The Morgan fingerprint density at radius 2 is 1.96 bits per heavy atom. The van der Waals surface area contributed by atoms with Gasteiger partial charge in [0, 0.05) is 11.8 Å². The van der Waals surface area contributed by atoms with Crippen LogP contribution in [0.1, 0.15) is 54.5 Å². The smallest absolute Gasteiger partial charge is 0.433 e. The minimum atomic E-state index is -4.63. The van der Waals surface area contributed by atoms with Crippen molar-refractivity contribution in [3.05, 3.63) is 29.2 Å². The van der Waals surface area contributed by atoms with Crippen LogP contribution in [0, 0.1) is 11.8 Å². The molecule has 1 fully saturated rings. The molecule has 3 rings (SSSR count). The van der Waals surface area contributed by atoms with Crippen LogP contribution in [-0.2, 0) is 12.6 Å². The minimum Gasteiger partial charge on any atom is -0.476 e. The summed E-state index contributed by atoms with van der Waals surface area (Å²) < 4.78 is 40.5. The summed E-state index contributed by atoms with van der Waals surface area (Å²) in [6, 6.07) is 2.06. The van der Waals surface area contributed by atoms with Gasteiger partial charge in [-0.1, -0.05) is 19.8 Å². The van der Waals surface area contributed by atoms with Crippen LogP contribution in [0.2, 0.25) is 0 Å². The molecule has 2 heterocycles. The summed E-state index contributed by atoms with van der Waals surface area (Å²) in [6.45, 7) is 2.18. The average Bonchev–Trinajstić information content (AvgIpc) is 2.92. The number of hydrogen-bond donors (Lipinski definition) is 1. The lowest BCUT2D eigenvalue weighted by atomic mass is 9.81. The quantitative estimate of drug-likeness (QED) is 0.922. The lowest BCUT2D eigenvalue weighted by Crippen LogP contribution is -2.18. The summed E-state index contributed by atoms with van der Waals surface area (Å²) in [5.74, 6) is -0.397. The van der Waals surface area contributed by atoms with E-state index in [2.05, 4.69) is 17.0 Å². The van der Waals surface area contributed by atoms with E-state index in [0.717, 1.165) is 37.8 Å². The predicted molar refractivity (Wildman–Crippen MR) is 79.8 cm³/mol. The van der Waals surface area contributed by atoms with Crippen LogP contribution in [0.25, 0.3) is 5.65 Å². The molecule has 2 aromatic heterocycles. The van der Waals surface area contributed by atoms with Crippen LogP contribution in [0.15, 0.2) is 12.1 Å². The molecule has 0 amide bonds. The number of fused-ring (bicyclic) bond motifs is 1. The van der Waals surface area contributed by atoms with Gasteiger partial charge in [0.05, 0.1) is 0 Å². The van der Waals surface area contributed by atoms with Crippen LogP contribution in [0.4, 0.5) is 13.2 Å². The molecule has 8 heteroatoms. The SMILES string of the molecule is CC1CCC(Cc2cc(C(F)(F)F)n3nc(C(=O)O)cc3n2)CC1. The summed E-state index contributed by atoms with van der Waals surface area (Å²) in [5, 5.41) is 12.5. The van der Waals surface area contributed by atoms with Gasteiger partial charge in [-0.2, -0.15) is 18.3 Å². The predicted octanol–water partition coefficient (Wildman–Crippen LogP) is 3.82. The lowest BCUT2D eigenvalue weighted by molar-refractivity contribution is -0.142. The van der Waals surface area contributed by atoms with E-state index in [4.69, 9.17) is 5.11 Å². The minimum absolute atomic E-state index is 0.0820. The number of aromatic nitrogens is 3. The number of carboxylic acid groups (broad SMARTS) is 1. The Balaban J connectivity index is 1.98.